The number of rotatable bonds is 10. The number of aliphatic imine (C=N–C) groups is 1. The highest BCUT2D eigenvalue weighted by Crippen LogP contribution is 2.48. The average molecular weight is 600 g/mol. The molecule has 12 heteroatoms. The monoisotopic (exact) mass is 599 g/mol. The Bertz CT molecular complexity index is 1530. The number of quaternary nitrogens is 1. The van der Waals surface area contributed by atoms with Gasteiger partial charge in [0.1, 0.15) is 66.9 Å². The van der Waals surface area contributed by atoms with Gasteiger partial charge in [0.25, 0.3) is 0 Å². The van der Waals surface area contributed by atoms with E-state index in [1.807, 2.05) is 19.2 Å². The van der Waals surface area contributed by atoms with Crippen LogP contribution in [0, 0.1) is 12.8 Å². The lowest BCUT2D eigenvalue weighted by molar-refractivity contribution is -0.763. The lowest BCUT2D eigenvalue weighted by Crippen LogP contribution is -3.01. The Balaban J connectivity index is 1.35. The highest BCUT2D eigenvalue weighted by molar-refractivity contribution is 5.90. The zero-order valence-corrected chi connectivity index (χ0v) is 24.2. The van der Waals surface area contributed by atoms with Crippen molar-refractivity contribution in [2.24, 2.45) is 10.9 Å². The van der Waals surface area contributed by atoms with Crippen LogP contribution >= 0.6 is 0 Å². The van der Waals surface area contributed by atoms with Gasteiger partial charge in [0, 0.05) is 35.8 Å². The maximum atomic E-state index is 13.2. The number of aryl methyl sites for hydroxylation is 1. The second-order valence-corrected chi connectivity index (χ2v) is 12.2. The molecule has 0 bridgehead atoms. The molecule has 0 saturated heterocycles. The van der Waals surface area contributed by atoms with Gasteiger partial charge in [-0.2, -0.15) is 0 Å². The van der Waals surface area contributed by atoms with Crippen LogP contribution in [0.25, 0.3) is 11.0 Å². The predicted octanol–water partition coefficient (Wildman–Crippen LogP) is 0.120. The third-order valence-corrected chi connectivity index (χ3v) is 9.28. The Labute approximate surface area is 248 Å². The zero-order chi connectivity index (χ0) is 30.5. The molecule has 1 aliphatic carbocycles. The largest absolute Gasteiger partial charge is 0.478 e. The lowest BCUT2D eigenvalue weighted by atomic mass is 9.78. The molecule has 43 heavy (non-hydrogen) atoms. The Kier molecular flexibility index (Phi) is 8.31. The minimum Gasteiger partial charge on any atom is -0.478 e. The fourth-order valence-corrected chi connectivity index (χ4v) is 6.76. The van der Waals surface area contributed by atoms with Gasteiger partial charge in [0.15, 0.2) is 11.2 Å². The summed E-state index contributed by atoms with van der Waals surface area (Å²) < 4.78 is 13.2. The van der Waals surface area contributed by atoms with E-state index in [9.17, 15) is 25.2 Å². The molecular formula is C31H39N2O10+. The molecule has 1 fully saturated rings. The summed E-state index contributed by atoms with van der Waals surface area (Å²) in [6.45, 7) is 3.08. The lowest BCUT2D eigenvalue weighted by Gasteiger charge is -2.45. The van der Waals surface area contributed by atoms with Crippen molar-refractivity contribution in [2.75, 3.05) is 19.8 Å². The number of nitrogens with one attached hydrogen (secondary N) is 1. The van der Waals surface area contributed by atoms with Crippen molar-refractivity contribution < 1.29 is 49.4 Å². The van der Waals surface area contributed by atoms with E-state index in [0.29, 0.717) is 35.4 Å². The molecule has 3 aliphatic heterocycles. The van der Waals surface area contributed by atoms with Crippen molar-refractivity contribution in [3.63, 3.8) is 0 Å². The number of fused-ring (bicyclic) bond motifs is 3. The van der Waals surface area contributed by atoms with E-state index in [-0.39, 0.29) is 11.3 Å². The molecule has 0 amide bonds. The second kappa shape index (κ2) is 11.9. The predicted molar refractivity (Wildman–Crippen MR) is 154 cm³/mol. The summed E-state index contributed by atoms with van der Waals surface area (Å²) in [5, 5.41) is 49.6. The van der Waals surface area contributed by atoms with Gasteiger partial charge in [0.05, 0.1) is 12.0 Å². The van der Waals surface area contributed by atoms with Gasteiger partial charge < -0.3 is 34.7 Å². The smallest absolute Gasteiger partial charge is 0.222 e. The van der Waals surface area contributed by atoms with Gasteiger partial charge in [-0.25, -0.2) is 9.78 Å². The number of aliphatic hydroxyl groups is 5. The number of allylic oxidation sites excluding steroid dienone is 1. The van der Waals surface area contributed by atoms with Crippen molar-refractivity contribution in [3.8, 4) is 5.75 Å². The molecule has 0 radical (unpaired) electrons. The van der Waals surface area contributed by atoms with Crippen LogP contribution in [0.3, 0.4) is 0 Å². The number of aliphatic hydroxyl groups excluding tert-OH is 5. The molecule has 2 aromatic rings. The van der Waals surface area contributed by atoms with E-state index in [4.69, 9.17) is 24.0 Å². The molecule has 7 atom stereocenters. The Morgan fingerprint density at radius 1 is 1.14 bits per heavy atom. The number of ether oxygens (including phenoxy) is 1. The summed E-state index contributed by atoms with van der Waals surface area (Å²) in [6.07, 6.45) is 2.67. The van der Waals surface area contributed by atoms with E-state index < -0.39 is 49.3 Å². The number of benzene rings is 1. The fourth-order valence-electron chi connectivity index (χ4n) is 6.76. The minimum atomic E-state index is -1.77. The van der Waals surface area contributed by atoms with E-state index >= 15 is 0 Å². The van der Waals surface area contributed by atoms with Crippen LogP contribution in [0.15, 0.2) is 49.9 Å². The zero-order valence-electron chi connectivity index (χ0n) is 24.2. The summed E-state index contributed by atoms with van der Waals surface area (Å²) in [6, 6.07) is 3.26. The summed E-state index contributed by atoms with van der Waals surface area (Å²) >= 11 is 0. The fraction of sp³-hybridized carbons (Fsp3) is 0.548. The van der Waals surface area contributed by atoms with Crippen LogP contribution in [-0.4, -0.2) is 87.6 Å². The molecule has 4 aliphatic rings. The molecule has 7 unspecified atom stereocenters. The highest BCUT2D eigenvalue weighted by Gasteiger charge is 2.51. The van der Waals surface area contributed by atoms with Gasteiger partial charge in [-0.05, 0) is 38.8 Å². The summed E-state index contributed by atoms with van der Waals surface area (Å²) in [5.74, 6) is 1.28. The minimum absolute atomic E-state index is 0.137. The van der Waals surface area contributed by atoms with Crippen molar-refractivity contribution >= 4 is 22.9 Å². The summed E-state index contributed by atoms with van der Waals surface area (Å²) in [5.41, 5.74) is 2.95. The number of nitrogens with zero attached hydrogens (tertiary/aromatic N) is 1. The van der Waals surface area contributed by atoms with E-state index in [1.165, 1.54) is 6.07 Å². The van der Waals surface area contributed by atoms with Crippen LogP contribution in [0.4, 0.5) is 5.69 Å². The van der Waals surface area contributed by atoms with Crippen molar-refractivity contribution in [1.82, 2.24) is 0 Å². The van der Waals surface area contributed by atoms with Crippen LogP contribution in [0.1, 0.15) is 43.9 Å². The first kappa shape index (κ1) is 30.1. The molecular weight excluding hydrogens is 560 g/mol. The van der Waals surface area contributed by atoms with E-state index in [2.05, 4.69) is 4.99 Å². The van der Waals surface area contributed by atoms with Crippen LogP contribution in [0.5, 0.6) is 5.75 Å². The Morgan fingerprint density at radius 3 is 2.60 bits per heavy atom. The maximum absolute atomic E-state index is 13.2. The SMILES string of the molecule is Cc1cc(=O)c2cc3c(c([NH+]4C=C5N=CC=C5C4)c2o1)OC(C)(C1CCCC1)C(OOCC(O)C(O)C(O)C(O)CO)C3. The Hall–Kier alpha value is -2.94. The van der Waals surface area contributed by atoms with Crippen molar-refractivity contribution in [3.05, 3.63) is 57.2 Å². The molecule has 1 aromatic heterocycles. The van der Waals surface area contributed by atoms with Gasteiger partial charge in [0.2, 0.25) is 11.3 Å². The van der Waals surface area contributed by atoms with Gasteiger partial charge in [-0.1, -0.05) is 12.8 Å². The molecule has 6 N–H and O–H groups in total. The van der Waals surface area contributed by atoms with E-state index in [1.54, 1.807) is 19.2 Å². The first-order valence-corrected chi connectivity index (χ1v) is 14.8. The number of hydrogen-bond donors (Lipinski definition) is 6. The van der Waals surface area contributed by atoms with Gasteiger partial charge in [-0.3, -0.25) is 14.7 Å². The molecule has 1 aromatic carbocycles. The van der Waals surface area contributed by atoms with Gasteiger partial charge in [-0.15, -0.1) is 0 Å². The quantitative estimate of drug-likeness (QED) is 0.163. The second-order valence-electron chi connectivity index (χ2n) is 12.2. The molecule has 4 heterocycles. The van der Waals surface area contributed by atoms with Crippen LogP contribution in [0.2, 0.25) is 0 Å². The standard InChI is InChI=1S/C31H38N2O10/c1-16-9-22(35)20-10-18-11-25(43-40-15-24(37)28(39)27(38)23(36)14-34)31(2,19-5-3-4-6-19)42-29(18)26(30(20)41-16)33-12-17-7-8-32-21(17)13-33/h7-10,13,19,23-25,27-28,34,36-39H,3-6,11-12,14-15H2,1-2H3/p+1. The molecule has 12 nitrogen and oxygen atoms in total. The Morgan fingerprint density at radius 2 is 1.88 bits per heavy atom. The molecule has 1 saturated carbocycles. The summed E-state index contributed by atoms with van der Waals surface area (Å²) in [4.78, 5) is 29.9. The topological polar surface area (TPSA) is 176 Å². The van der Waals surface area contributed by atoms with E-state index in [0.717, 1.165) is 53.1 Å². The van der Waals surface area contributed by atoms with Crippen molar-refractivity contribution in [1.29, 1.82) is 0 Å². The van der Waals surface area contributed by atoms with Gasteiger partial charge >= 0.3 is 0 Å². The maximum Gasteiger partial charge on any atom is 0.222 e. The normalized spacial score (nSPS) is 27.8. The molecule has 0 spiro atoms. The molecule has 6 rings (SSSR count). The molecule has 232 valence electrons. The number of hydrogen-bond acceptors (Lipinski definition) is 11. The van der Waals surface area contributed by atoms with Crippen molar-refractivity contribution in [2.45, 2.75) is 82.1 Å². The third-order valence-electron chi connectivity index (χ3n) is 9.28. The first-order chi connectivity index (χ1) is 20.6. The third kappa shape index (κ3) is 5.47. The summed E-state index contributed by atoms with van der Waals surface area (Å²) in [7, 11) is 0. The van der Waals surface area contributed by atoms with Crippen LogP contribution < -0.4 is 15.1 Å². The first-order valence-electron chi connectivity index (χ1n) is 14.8. The highest BCUT2D eigenvalue weighted by atomic mass is 17.2. The average Bonchev–Trinajstić information content (AvgIpc) is 3.74. The van der Waals surface area contributed by atoms with Crippen LogP contribution in [-0.2, 0) is 16.2 Å².